The molecule has 0 fully saturated rings. The van der Waals surface area contributed by atoms with Gasteiger partial charge in [0.25, 0.3) is 11.8 Å². The third-order valence-corrected chi connectivity index (χ3v) is 6.24. The van der Waals surface area contributed by atoms with Crippen LogP contribution in [0.5, 0.6) is 0 Å². The van der Waals surface area contributed by atoms with Crippen molar-refractivity contribution in [2.24, 2.45) is 0 Å². The van der Waals surface area contributed by atoms with Gasteiger partial charge in [0.2, 0.25) is 0 Å². The van der Waals surface area contributed by atoms with Crippen molar-refractivity contribution in [1.29, 1.82) is 0 Å². The SMILES string of the molecule is CN1C[N+](C)(C)Cc2cc3c4c(cccc4c21)C(=O)N(c1ccc(C(=O)ONS)cc1)C3=O. The number of nitrogens with one attached hydrogen (secondary N) is 1. The standard InChI is InChI=1S/C24H23N4O4S/c1-26-13-28(2,3)12-15-11-19-20-17(21(15)26)5-4-6-18(20)22(29)27(23(19)30)16-9-7-14(8-10-16)24(31)32-25-33/h4-11,25,33H,12-13H2,1-3H3/q+1. The first kappa shape index (κ1) is 21.4. The number of hydrogen-bond acceptors (Lipinski definition) is 7. The Morgan fingerprint density at radius 1 is 1.06 bits per heavy atom. The number of hydrogen-bond donors (Lipinski definition) is 2. The Labute approximate surface area is 196 Å². The average molecular weight is 464 g/mol. The number of carbonyl (C=O) groups excluding carboxylic acids is 3. The van der Waals surface area contributed by atoms with Crippen LogP contribution in [0.2, 0.25) is 0 Å². The van der Waals surface area contributed by atoms with E-state index < -0.39 is 5.97 Å². The molecule has 8 nitrogen and oxygen atoms in total. The Morgan fingerprint density at radius 3 is 2.45 bits per heavy atom. The molecule has 0 bridgehead atoms. The molecule has 0 spiro atoms. The fourth-order valence-corrected chi connectivity index (χ4v) is 5.10. The number of thiol groups is 1. The van der Waals surface area contributed by atoms with Gasteiger partial charge < -0.3 is 14.2 Å². The van der Waals surface area contributed by atoms with E-state index in [-0.39, 0.29) is 17.4 Å². The lowest BCUT2D eigenvalue weighted by Gasteiger charge is -2.41. The molecule has 3 aromatic rings. The fourth-order valence-electron chi connectivity index (χ4n) is 5.02. The summed E-state index contributed by atoms with van der Waals surface area (Å²) in [6, 6.07) is 13.7. The average Bonchev–Trinajstić information content (AvgIpc) is 2.76. The minimum Gasteiger partial charge on any atom is -0.356 e. The van der Waals surface area contributed by atoms with E-state index in [1.807, 2.05) is 30.1 Å². The quantitative estimate of drug-likeness (QED) is 0.269. The maximum atomic E-state index is 13.6. The highest BCUT2D eigenvalue weighted by molar-refractivity contribution is 7.77. The molecule has 2 heterocycles. The number of anilines is 2. The van der Waals surface area contributed by atoms with E-state index in [0.717, 1.165) is 34.3 Å². The molecule has 1 N–H and O–H groups in total. The molecule has 2 aliphatic rings. The molecule has 2 amide bonds. The molecule has 0 saturated heterocycles. The van der Waals surface area contributed by atoms with Crippen LogP contribution in [0.4, 0.5) is 11.4 Å². The van der Waals surface area contributed by atoms with Gasteiger partial charge in [0.05, 0.1) is 31.0 Å². The highest BCUT2D eigenvalue weighted by atomic mass is 32.1. The number of nitrogens with zero attached hydrogens (tertiary/aromatic N) is 3. The second kappa shape index (κ2) is 7.58. The van der Waals surface area contributed by atoms with Crippen molar-refractivity contribution in [3.8, 4) is 0 Å². The van der Waals surface area contributed by atoms with Gasteiger partial charge in [0.15, 0.2) is 6.67 Å². The first-order valence-corrected chi connectivity index (χ1v) is 10.9. The van der Waals surface area contributed by atoms with Crippen LogP contribution in [-0.4, -0.2) is 50.1 Å². The Hall–Kier alpha value is -3.40. The van der Waals surface area contributed by atoms with Crippen molar-refractivity contribution in [2.75, 3.05) is 37.6 Å². The van der Waals surface area contributed by atoms with Crippen LogP contribution < -0.4 is 14.7 Å². The van der Waals surface area contributed by atoms with Crippen LogP contribution in [-0.2, 0) is 11.4 Å². The second-order valence-corrected chi connectivity index (χ2v) is 9.25. The first-order chi connectivity index (χ1) is 15.7. The lowest BCUT2D eigenvalue weighted by molar-refractivity contribution is -0.904. The highest BCUT2D eigenvalue weighted by Gasteiger charge is 2.38. The minimum atomic E-state index is -0.626. The number of rotatable bonds is 3. The maximum Gasteiger partial charge on any atom is 0.357 e. The fraction of sp³-hybridized carbons (Fsp3) is 0.208. The molecule has 2 aliphatic heterocycles. The van der Waals surface area contributed by atoms with Gasteiger partial charge in [-0.1, -0.05) is 29.8 Å². The summed E-state index contributed by atoms with van der Waals surface area (Å²) in [4.78, 5) is 49.0. The molecule has 33 heavy (non-hydrogen) atoms. The van der Waals surface area contributed by atoms with E-state index in [9.17, 15) is 14.4 Å². The van der Waals surface area contributed by atoms with E-state index >= 15 is 0 Å². The summed E-state index contributed by atoms with van der Waals surface area (Å²) < 4.78 is 0.768. The third-order valence-electron chi connectivity index (χ3n) is 6.15. The van der Waals surface area contributed by atoms with Gasteiger partial charge in [0.1, 0.15) is 6.54 Å². The van der Waals surface area contributed by atoms with Crippen LogP contribution in [0.25, 0.3) is 10.8 Å². The molecule has 168 valence electrons. The van der Waals surface area contributed by atoms with Crippen molar-refractivity contribution in [1.82, 2.24) is 4.89 Å². The largest absolute Gasteiger partial charge is 0.357 e. The molecular formula is C24H23N4O4S+. The molecule has 9 heteroatoms. The van der Waals surface area contributed by atoms with E-state index in [1.54, 1.807) is 18.2 Å². The summed E-state index contributed by atoms with van der Waals surface area (Å²) in [5, 5.41) is 1.61. The number of amides is 2. The Kier molecular flexibility index (Phi) is 4.93. The molecule has 5 rings (SSSR count). The van der Waals surface area contributed by atoms with Crippen LogP contribution in [0, 0.1) is 0 Å². The molecule has 3 aromatic carbocycles. The molecule has 0 unspecified atom stereocenters. The van der Waals surface area contributed by atoms with E-state index in [0.29, 0.717) is 22.2 Å². The summed E-state index contributed by atoms with van der Waals surface area (Å²) >= 11 is 3.64. The Balaban J connectivity index is 1.64. The summed E-state index contributed by atoms with van der Waals surface area (Å²) in [5.41, 5.74) is 3.79. The van der Waals surface area contributed by atoms with Gasteiger partial charge in [0, 0.05) is 34.5 Å². The lowest BCUT2D eigenvalue weighted by atomic mass is 9.89. The van der Waals surface area contributed by atoms with E-state index in [2.05, 4.69) is 36.6 Å². The predicted molar refractivity (Wildman–Crippen MR) is 128 cm³/mol. The normalized spacial score (nSPS) is 16.7. The number of benzene rings is 3. The number of carbonyl (C=O) groups is 3. The Morgan fingerprint density at radius 2 is 1.76 bits per heavy atom. The highest BCUT2D eigenvalue weighted by Crippen LogP contribution is 2.42. The molecule has 0 saturated carbocycles. The number of quaternary nitrogens is 1. The molecular weight excluding hydrogens is 440 g/mol. The van der Waals surface area contributed by atoms with E-state index in [4.69, 9.17) is 0 Å². The topological polar surface area (TPSA) is 79.0 Å². The summed E-state index contributed by atoms with van der Waals surface area (Å²) in [7, 11) is 6.35. The van der Waals surface area contributed by atoms with Crippen molar-refractivity contribution >= 4 is 52.7 Å². The van der Waals surface area contributed by atoms with Crippen LogP contribution >= 0.6 is 12.8 Å². The van der Waals surface area contributed by atoms with Gasteiger partial charge in [-0.05, 0) is 36.4 Å². The molecule has 0 atom stereocenters. The molecule has 0 aromatic heterocycles. The number of imide groups is 1. The number of fused-ring (bicyclic) bond motifs is 2. The van der Waals surface area contributed by atoms with Gasteiger partial charge in [-0.2, -0.15) is 0 Å². The van der Waals surface area contributed by atoms with E-state index in [1.165, 1.54) is 17.0 Å². The van der Waals surface area contributed by atoms with Crippen LogP contribution in [0.15, 0.2) is 48.5 Å². The Bertz CT molecular complexity index is 1340. The maximum absolute atomic E-state index is 13.6. The first-order valence-electron chi connectivity index (χ1n) is 10.4. The predicted octanol–water partition coefficient (Wildman–Crippen LogP) is 3.13. The third kappa shape index (κ3) is 3.36. The van der Waals surface area contributed by atoms with Gasteiger partial charge in [-0.3, -0.25) is 9.59 Å². The van der Waals surface area contributed by atoms with Crippen molar-refractivity contribution in [3.63, 3.8) is 0 Å². The lowest BCUT2D eigenvalue weighted by Crippen LogP contribution is -2.50. The summed E-state index contributed by atoms with van der Waals surface area (Å²) in [6.07, 6.45) is 0. The zero-order valence-corrected chi connectivity index (χ0v) is 19.3. The van der Waals surface area contributed by atoms with Gasteiger partial charge >= 0.3 is 5.97 Å². The minimum absolute atomic E-state index is 0.261. The molecule has 0 radical (unpaired) electrons. The zero-order chi connectivity index (χ0) is 23.5. The smallest absolute Gasteiger partial charge is 0.356 e. The van der Waals surface area contributed by atoms with Crippen molar-refractivity contribution in [3.05, 3.63) is 70.8 Å². The summed E-state index contributed by atoms with van der Waals surface area (Å²) in [6.45, 7) is 1.61. The van der Waals surface area contributed by atoms with Gasteiger partial charge in [-0.25, -0.2) is 9.69 Å². The molecule has 0 aliphatic carbocycles. The zero-order valence-electron chi connectivity index (χ0n) is 18.5. The van der Waals surface area contributed by atoms with Crippen molar-refractivity contribution < 1.29 is 23.7 Å². The summed E-state index contributed by atoms with van der Waals surface area (Å²) in [5.74, 6) is -1.39. The van der Waals surface area contributed by atoms with Gasteiger partial charge in [-0.15, -0.1) is 0 Å². The van der Waals surface area contributed by atoms with Crippen molar-refractivity contribution in [2.45, 2.75) is 6.54 Å². The second-order valence-electron chi connectivity index (χ2n) is 9.07. The monoisotopic (exact) mass is 463 g/mol. The van der Waals surface area contributed by atoms with Crippen LogP contribution in [0.3, 0.4) is 0 Å². The van der Waals surface area contributed by atoms with Crippen LogP contribution in [0.1, 0.15) is 36.6 Å².